The number of ether oxygens (including phenoxy) is 2. The molecule has 19 heavy (non-hydrogen) atoms. The minimum absolute atomic E-state index is 0.245. The summed E-state index contributed by atoms with van der Waals surface area (Å²) in [4.78, 5) is 23.2. The maximum Gasteiger partial charge on any atom is 0.338 e. The largest absolute Gasteiger partial charge is 0.496 e. The number of esters is 1. The van der Waals surface area contributed by atoms with Crippen LogP contribution in [0.25, 0.3) is 0 Å². The number of methoxy groups -OCH3 is 1. The molecular formula is C14H17NO4. The normalized spacial score (nSPS) is 13.8. The molecule has 1 aromatic carbocycles. The average Bonchev–Trinajstić information content (AvgIpc) is 3.20. The first kappa shape index (κ1) is 13.4. The van der Waals surface area contributed by atoms with Gasteiger partial charge in [-0.2, -0.15) is 0 Å². The Morgan fingerprint density at radius 1 is 1.37 bits per heavy atom. The number of carbonyl (C=O) groups excluding carboxylic acids is 2. The van der Waals surface area contributed by atoms with Crippen molar-refractivity contribution in [1.29, 1.82) is 0 Å². The molecule has 1 saturated carbocycles. The van der Waals surface area contributed by atoms with E-state index in [1.54, 1.807) is 25.3 Å². The van der Waals surface area contributed by atoms with Crippen LogP contribution < -0.4 is 10.1 Å². The number of aryl methyl sites for hydroxylation is 1. The highest BCUT2D eigenvalue weighted by molar-refractivity contribution is 5.91. The summed E-state index contributed by atoms with van der Waals surface area (Å²) < 4.78 is 10.1. The van der Waals surface area contributed by atoms with Crippen molar-refractivity contribution in [1.82, 2.24) is 5.32 Å². The molecule has 1 fully saturated rings. The third kappa shape index (κ3) is 3.71. The highest BCUT2D eigenvalue weighted by Crippen LogP contribution is 2.20. The van der Waals surface area contributed by atoms with Crippen molar-refractivity contribution in [2.75, 3.05) is 13.7 Å². The Labute approximate surface area is 111 Å². The Balaban J connectivity index is 1.89. The van der Waals surface area contributed by atoms with Crippen LogP contribution in [0, 0.1) is 6.92 Å². The molecule has 0 radical (unpaired) electrons. The lowest BCUT2D eigenvalue weighted by Crippen LogP contribution is -2.30. The summed E-state index contributed by atoms with van der Waals surface area (Å²) in [6.07, 6.45) is 2.02. The lowest BCUT2D eigenvalue weighted by atomic mass is 10.1. The van der Waals surface area contributed by atoms with Crippen LogP contribution in [0.3, 0.4) is 0 Å². The van der Waals surface area contributed by atoms with Gasteiger partial charge in [0.2, 0.25) is 0 Å². The molecule has 1 aromatic rings. The first-order valence-electron chi connectivity index (χ1n) is 6.21. The predicted octanol–water partition coefficient (Wildman–Crippen LogP) is 1.44. The van der Waals surface area contributed by atoms with Gasteiger partial charge in [0, 0.05) is 6.04 Å². The van der Waals surface area contributed by atoms with E-state index in [1.807, 2.05) is 6.92 Å². The topological polar surface area (TPSA) is 64.6 Å². The minimum atomic E-state index is -0.524. The van der Waals surface area contributed by atoms with E-state index in [4.69, 9.17) is 9.47 Å². The van der Waals surface area contributed by atoms with Crippen LogP contribution in [0.4, 0.5) is 0 Å². The van der Waals surface area contributed by atoms with E-state index < -0.39 is 5.97 Å². The highest BCUT2D eigenvalue weighted by Gasteiger charge is 2.23. The Morgan fingerprint density at radius 3 is 2.74 bits per heavy atom. The van der Waals surface area contributed by atoms with Crippen molar-refractivity contribution < 1.29 is 19.1 Å². The monoisotopic (exact) mass is 263 g/mol. The van der Waals surface area contributed by atoms with Crippen LogP contribution in [-0.4, -0.2) is 31.6 Å². The van der Waals surface area contributed by atoms with Gasteiger partial charge in [-0.25, -0.2) is 4.79 Å². The van der Waals surface area contributed by atoms with Gasteiger partial charge in [0.25, 0.3) is 5.91 Å². The lowest BCUT2D eigenvalue weighted by molar-refractivity contribution is -0.124. The van der Waals surface area contributed by atoms with Gasteiger partial charge in [-0.05, 0) is 37.5 Å². The fourth-order valence-electron chi connectivity index (χ4n) is 1.66. The van der Waals surface area contributed by atoms with Crippen LogP contribution in [0.2, 0.25) is 0 Å². The molecule has 0 heterocycles. The molecule has 0 saturated heterocycles. The van der Waals surface area contributed by atoms with Gasteiger partial charge in [0.05, 0.1) is 12.7 Å². The Morgan fingerprint density at radius 2 is 2.11 bits per heavy atom. The fraction of sp³-hybridized carbons (Fsp3) is 0.429. The quantitative estimate of drug-likeness (QED) is 0.816. The molecule has 0 unspecified atom stereocenters. The molecule has 0 spiro atoms. The third-order valence-electron chi connectivity index (χ3n) is 2.92. The van der Waals surface area contributed by atoms with E-state index >= 15 is 0 Å². The first-order valence-corrected chi connectivity index (χ1v) is 6.21. The Bertz CT molecular complexity index is 494. The average molecular weight is 263 g/mol. The maximum absolute atomic E-state index is 11.8. The Hall–Kier alpha value is -2.04. The summed E-state index contributed by atoms with van der Waals surface area (Å²) in [6.45, 7) is 1.64. The summed E-state index contributed by atoms with van der Waals surface area (Å²) in [5, 5.41) is 2.75. The Kier molecular flexibility index (Phi) is 4.04. The number of amides is 1. The van der Waals surface area contributed by atoms with Crippen molar-refractivity contribution in [2.24, 2.45) is 0 Å². The molecule has 0 atom stereocenters. The second-order valence-corrected chi connectivity index (χ2v) is 4.60. The van der Waals surface area contributed by atoms with Crippen molar-refractivity contribution in [3.8, 4) is 5.75 Å². The number of rotatable bonds is 5. The number of benzene rings is 1. The number of hydrogen-bond acceptors (Lipinski definition) is 4. The molecule has 0 aromatic heterocycles. The molecule has 1 aliphatic carbocycles. The predicted molar refractivity (Wildman–Crippen MR) is 69.2 cm³/mol. The molecule has 2 rings (SSSR count). The SMILES string of the molecule is COc1cc(C(=O)OCC(=O)NC2CC2)ccc1C. The highest BCUT2D eigenvalue weighted by atomic mass is 16.5. The molecule has 1 aliphatic rings. The molecule has 102 valence electrons. The third-order valence-corrected chi connectivity index (χ3v) is 2.92. The zero-order valence-corrected chi connectivity index (χ0v) is 11.1. The zero-order chi connectivity index (χ0) is 13.8. The van der Waals surface area contributed by atoms with E-state index in [0.717, 1.165) is 18.4 Å². The summed E-state index contributed by atoms with van der Waals surface area (Å²) in [5.74, 6) is -0.156. The molecule has 0 bridgehead atoms. The van der Waals surface area contributed by atoms with Crippen LogP contribution >= 0.6 is 0 Å². The molecule has 1 N–H and O–H groups in total. The molecule has 0 aliphatic heterocycles. The number of nitrogens with one attached hydrogen (secondary N) is 1. The van der Waals surface area contributed by atoms with Gasteiger partial charge < -0.3 is 14.8 Å². The van der Waals surface area contributed by atoms with Crippen molar-refractivity contribution in [2.45, 2.75) is 25.8 Å². The molecule has 1 amide bonds. The van der Waals surface area contributed by atoms with Crippen molar-refractivity contribution in [3.05, 3.63) is 29.3 Å². The van der Waals surface area contributed by atoms with Gasteiger partial charge in [-0.1, -0.05) is 6.07 Å². The number of carbonyl (C=O) groups is 2. The van der Waals surface area contributed by atoms with Crippen LogP contribution in [-0.2, 0) is 9.53 Å². The standard InChI is InChI=1S/C14H17NO4/c1-9-3-4-10(7-12(9)18-2)14(17)19-8-13(16)15-11-5-6-11/h3-4,7,11H,5-6,8H2,1-2H3,(H,15,16). The minimum Gasteiger partial charge on any atom is -0.496 e. The van der Waals surface area contributed by atoms with Crippen LogP contribution in [0.5, 0.6) is 5.75 Å². The summed E-state index contributed by atoms with van der Waals surface area (Å²) in [6, 6.07) is 5.31. The maximum atomic E-state index is 11.8. The zero-order valence-electron chi connectivity index (χ0n) is 11.1. The van der Waals surface area contributed by atoms with Gasteiger partial charge in [-0.3, -0.25) is 4.79 Å². The van der Waals surface area contributed by atoms with Crippen molar-refractivity contribution >= 4 is 11.9 Å². The van der Waals surface area contributed by atoms with E-state index in [2.05, 4.69) is 5.32 Å². The molecule has 5 heteroatoms. The van der Waals surface area contributed by atoms with Gasteiger partial charge >= 0.3 is 5.97 Å². The van der Waals surface area contributed by atoms with Crippen LogP contribution in [0.15, 0.2) is 18.2 Å². The van der Waals surface area contributed by atoms with Gasteiger partial charge in [0.15, 0.2) is 6.61 Å². The summed E-state index contributed by atoms with van der Waals surface area (Å²) in [5.41, 5.74) is 1.31. The first-order chi connectivity index (χ1) is 9.10. The smallest absolute Gasteiger partial charge is 0.338 e. The van der Waals surface area contributed by atoms with E-state index in [-0.39, 0.29) is 18.6 Å². The second-order valence-electron chi connectivity index (χ2n) is 4.60. The summed E-state index contributed by atoms with van der Waals surface area (Å²) in [7, 11) is 1.54. The van der Waals surface area contributed by atoms with Gasteiger partial charge in [-0.15, -0.1) is 0 Å². The van der Waals surface area contributed by atoms with E-state index in [9.17, 15) is 9.59 Å². The lowest BCUT2D eigenvalue weighted by Gasteiger charge is -2.08. The fourth-order valence-corrected chi connectivity index (χ4v) is 1.66. The van der Waals surface area contributed by atoms with E-state index in [1.165, 1.54) is 0 Å². The second kappa shape index (κ2) is 5.73. The summed E-state index contributed by atoms with van der Waals surface area (Å²) >= 11 is 0. The van der Waals surface area contributed by atoms with Gasteiger partial charge in [0.1, 0.15) is 5.75 Å². The van der Waals surface area contributed by atoms with E-state index in [0.29, 0.717) is 11.3 Å². The van der Waals surface area contributed by atoms with Crippen LogP contribution in [0.1, 0.15) is 28.8 Å². The molecule has 5 nitrogen and oxygen atoms in total. The number of hydrogen-bond donors (Lipinski definition) is 1. The van der Waals surface area contributed by atoms with Crippen molar-refractivity contribution in [3.63, 3.8) is 0 Å². The molecular weight excluding hydrogens is 246 g/mol.